The Morgan fingerprint density at radius 2 is 1.95 bits per heavy atom. The summed E-state index contributed by atoms with van der Waals surface area (Å²) in [5.41, 5.74) is 1.98. The SMILES string of the molecule is Cc1nc(Cc2noc(Cc3ccc(O)cc3)n2)cs1. The standard InChI is InChI=1S/C14H13N3O2S/c1-9-15-11(8-20-9)7-13-16-14(19-17-13)6-10-2-4-12(18)5-3-10/h2-5,8,18H,6-7H2,1H3. The van der Waals surface area contributed by atoms with Crippen molar-refractivity contribution in [1.29, 1.82) is 0 Å². The minimum atomic E-state index is 0.249. The van der Waals surface area contributed by atoms with Gasteiger partial charge in [0.25, 0.3) is 0 Å². The maximum absolute atomic E-state index is 9.24. The van der Waals surface area contributed by atoms with E-state index in [9.17, 15) is 5.11 Å². The van der Waals surface area contributed by atoms with Gasteiger partial charge in [0.05, 0.1) is 23.5 Å². The summed E-state index contributed by atoms with van der Waals surface area (Å²) in [6, 6.07) is 6.96. The van der Waals surface area contributed by atoms with Crippen LogP contribution >= 0.6 is 11.3 Å². The van der Waals surface area contributed by atoms with Crippen LogP contribution < -0.4 is 0 Å². The van der Waals surface area contributed by atoms with Crippen LogP contribution in [0, 0.1) is 6.92 Å². The Hall–Kier alpha value is -2.21. The molecule has 20 heavy (non-hydrogen) atoms. The van der Waals surface area contributed by atoms with Gasteiger partial charge in [-0.1, -0.05) is 17.3 Å². The molecule has 0 saturated heterocycles. The van der Waals surface area contributed by atoms with Crippen molar-refractivity contribution < 1.29 is 9.63 Å². The number of hydrogen-bond donors (Lipinski definition) is 1. The van der Waals surface area contributed by atoms with E-state index in [2.05, 4.69) is 15.1 Å². The lowest BCUT2D eigenvalue weighted by Gasteiger charge is -1.96. The summed E-state index contributed by atoms with van der Waals surface area (Å²) in [5, 5.41) is 16.2. The molecule has 0 atom stereocenters. The predicted octanol–water partition coefficient (Wildman–Crippen LogP) is 2.72. The Balaban J connectivity index is 1.68. The van der Waals surface area contributed by atoms with Gasteiger partial charge in [-0.25, -0.2) is 4.98 Å². The van der Waals surface area contributed by atoms with Crippen LogP contribution in [0.15, 0.2) is 34.2 Å². The van der Waals surface area contributed by atoms with Crippen LogP contribution in [-0.2, 0) is 12.8 Å². The van der Waals surface area contributed by atoms with Crippen molar-refractivity contribution in [3.8, 4) is 5.75 Å². The van der Waals surface area contributed by atoms with Crippen LogP contribution in [0.5, 0.6) is 5.75 Å². The molecule has 6 heteroatoms. The number of hydrogen-bond acceptors (Lipinski definition) is 6. The lowest BCUT2D eigenvalue weighted by atomic mass is 10.1. The van der Waals surface area contributed by atoms with Crippen LogP contribution in [-0.4, -0.2) is 20.2 Å². The first-order chi connectivity index (χ1) is 9.69. The monoisotopic (exact) mass is 287 g/mol. The molecule has 0 unspecified atom stereocenters. The molecule has 2 aromatic heterocycles. The van der Waals surface area contributed by atoms with E-state index in [0.29, 0.717) is 24.6 Å². The maximum Gasteiger partial charge on any atom is 0.231 e. The number of aromatic nitrogens is 3. The fourth-order valence-corrected chi connectivity index (χ4v) is 2.49. The Morgan fingerprint density at radius 1 is 1.15 bits per heavy atom. The van der Waals surface area contributed by atoms with Gasteiger partial charge in [0.15, 0.2) is 5.82 Å². The third-order valence-electron chi connectivity index (χ3n) is 2.81. The number of phenols is 1. The van der Waals surface area contributed by atoms with Gasteiger partial charge in [-0.2, -0.15) is 4.98 Å². The number of aromatic hydroxyl groups is 1. The first-order valence-electron chi connectivity index (χ1n) is 6.19. The molecule has 1 N–H and O–H groups in total. The van der Waals surface area contributed by atoms with Gasteiger partial charge in [0.2, 0.25) is 5.89 Å². The number of aryl methyl sites for hydroxylation is 1. The van der Waals surface area contributed by atoms with Crippen LogP contribution in [0.1, 0.15) is 28.0 Å². The van der Waals surface area contributed by atoms with Gasteiger partial charge in [0, 0.05) is 5.38 Å². The highest BCUT2D eigenvalue weighted by Crippen LogP contribution is 2.15. The van der Waals surface area contributed by atoms with Crippen molar-refractivity contribution in [2.75, 3.05) is 0 Å². The highest BCUT2D eigenvalue weighted by atomic mass is 32.1. The lowest BCUT2D eigenvalue weighted by Crippen LogP contribution is -1.92. The molecule has 0 amide bonds. The second-order valence-corrected chi connectivity index (χ2v) is 5.54. The molecule has 0 aliphatic carbocycles. The zero-order valence-electron chi connectivity index (χ0n) is 10.9. The highest BCUT2D eigenvalue weighted by molar-refractivity contribution is 7.09. The minimum Gasteiger partial charge on any atom is -0.508 e. The van der Waals surface area contributed by atoms with Crippen molar-refractivity contribution in [3.05, 3.63) is 57.6 Å². The predicted molar refractivity (Wildman–Crippen MR) is 74.9 cm³/mol. The fourth-order valence-electron chi connectivity index (χ4n) is 1.87. The van der Waals surface area contributed by atoms with Crippen LogP contribution in [0.25, 0.3) is 0 Å². The molecule has 5 nitrogen and oxygen atoms in total. The minimum absolute atomic E-state index is 0.249. The van der Waals surface area contributed by atoms with Crippen LogP contribution in [0.3, 0.4) is 0 Å². The third kappa shape index (κ3) is 3.03. The largest absolute Gasteiger partial charge is 0.508 e. The van der Waals surface area contributed by atoms with Crippen molar-refractivity contribution in [2.45, 2.75) is 19.8 Å². The molecule has 0 aliphatic rings. The van der Waals surface area contributed by atoms with Crippen molar-refractivity contribution in [2.24, 2.45) is 0 Å². The fraction of sp³-hybridized carbons (Fsp3) is 0.214. The quantitative estimate of drug-likeness (QED) is 0.798. The van der Waals surface area contributed by atoms with E-state index in [-0.39, 0.29) is 5.75 Å². The number of benzene rings is 1. The summed E-state index contributed by atoms with van der Waals surface area (Å²) in [7, 11) is 0. The molecule has 0 saturated carbocycles. The van der Waals surface area contributed by atoms with Crippen molar-refractivity contribution >= 4 is 11.3 Å². The highest BCUT2D eigenvalue weighted by Gasteiger charge is 2.09. The first-order valence-corrected chi connectivity index (χ1v) is 7.07. The summed E-state index contributed by atoms with van der Waals surface area (Å²) in [4.78, 5) is 8.73. The third-order valence-corrected chi connectivity index (χ3v) is 3.63. The summed E-state index contributed by atoms with van der Waals surface area (Å²) in [5.74, 6) is 1.46. The molecule has 2 heterocycles. The van der Waals surface area contributed by atoms with Gasteiger partial charge in [-0.3, -0.25) is 0 Å². The van der Waals surface area contributed by atoms with Gasteiger partial charge in [-0.05, 0) is 24.6 Å². The zero-order valence-corrected chi connectivity index (χ0v) is 11.7. The molecular formula is C14H13N3O2S. The molecule has 102 valence electrons. The topological polar surface area (TPSA) is 72.0 Å². The van der Waals surface area contributed by atoms with Gasteiger partial charge >= 0.3 is 0 Å². The number of phenolic OH excluding ortho intramolecular Hbond substituents is 1. The lowest BCUT2D eigenvalue weighted by molar-refractivity contribution is 0.380. The molecule has 0 aliphatic heterocycles. The average Bonchev–Trinajstić information content (AvgIpc) is 3.02. The molecule has 0 spiro atoms. The van der Waals surface area contributed by atoms with Gasteiger partial charge < -0.3 is 9.63 Å². The Kier molecular flexibility index (Phi) is 3.47. The van der Waals surface area contributed by atoms with E-state index in [4.69, 9.17) is 4.52 Å². The van der Waals surface area contributed by atoms with Gasteiger partial charge in [0.1, 0.15) is 5.75 Å². The van der Waals surface area contributed by atoms with E-state index in [1.54, 1.807) is 23.5 Å². The molecule has 1 aromatic carbocycles. The number of rotatable bonds is 4. The summed E-state index contributed by atoms with van der Waals surface area (Å²) >= 11 is 1.61. The molecule has 0 radical (unpaired) electrons. The van der Waals surface area contributed by atoms with E-state index >= 15 is 0 Å². The second kappa shape index (κ2) is 5.42. The second-order valence-electron chi connectivity index (χ2n) is 4.48. The van der Waals surface area contributed by atoms with E-state index in [0.717, 1.165) is 16.3 Å². The normalized spacial score (nSPS) is 10.8. The van der Waals surface area contributed by atoms with Crippen molar-refractivity contribution in [1.82, 2.24) is 15.1 Å². The summed E-state index contributed by atoms with van der Waals surface area (Å²) in [6.07, 6.45) is 1.15. The van der Waals surface area contributed by atoms with E-state index in [1.165, 1.54) is 0 Å². The van der Waals surface area contributed by atoms with Crippen molar-refractivity contribution in [3.63, 3.8) is 0 Å². The van der Waals surface area contributed by atoms with E-state index in [1.807, 2.05) is 24.4 Å². The maximum atomic E-state index is 9.24. The number of nitrogens with zero attached hydrogens (tertiary/aromatic N) is 3. The Labute approximate surface area is 119 Å². The average molecular weight is 287 g/mol. The molecule has 3 aromatic rings. The van der Waals surface area contributed by atoms with Crippen LogP contribution in [0.2, 0.25) is 0 Å². The zero-order chi connectivity index (χ0) is 13.9. The molecular weight excluding hydrogens is 274 g/mol. The summed E-state index contributed by atoms with van der Waals surface area (Å²) < 4.78 is 5.23. The molecule has 3 rings (SSSR count). The summed E-state index contributed by atoms with van der Waals surface area (Å²) in [6.45, 7) is 1.97. The molecule has 0 fully saturated rings. The van der Waals surface area contributed by atoms with Crippen LogP contribution in [0.4, 0.5) is 0 Å². The number of thiazole rings is 1. The molecule has 0 bridgehead atoms. The smallest absolute Gasteiger partial charge is 0.231 e. The van der Waals surface area contributed by atoms with E-state index < -0.39 is 0 Å². The Bertz CT molecular complexity index is 703. The van der Waals surface area contributed by atoms with Gasteiger partial charge in [-0.15, -0.1) is 11.3 Å². The Morgan fingerprint density at radius 3 is 2.65 bits per heavy atom. The first kappa shape index (κ1) is 12.8.